The van der Waals surface area contributed by atoms with Gasteiger partial charge in [-0.15, -0.1) is 0 Å². The molecule has 0 spiro atoms. The summed E-state index contributed by atoms with van der Waals surface area (Å²) in [6.07, 6.45) is -2.95. The van der Waals surface area contributed by atoms with Gasteiger partial charge >= 0.3 is 6.18 Å². The van der Waals surface area contributed by atoms with Gasteiger partial charge < -0.3 is 15.6 Å². The van der Waals surface area contributed by atoms with Crippen molar-refractivity contribution in [3.63, 3.8) is 0 Å². The summed E-state index contributed by atoms with van der Waals surface area (Å²) < 4.78 is 40.7. The Balaban J connectivity index is 2.07. The number of aromatic nitrogens is 1. The van der Waals surface area contributed by atoms with Gasteiger partial charge in [-0.2, -0.15) is 13.2 Å². The predicted octanol–water partition coefficient (Wildman–Crippen LogP) is 2.68. The number of benzene rings is 1. The van der Waals surface area contributed by atoms with Crippen LogP contribution in [0.2, 0.25) is 0 Å². The molecule has 1 atom stereocenters. The molecule has 0 saturated heterocycles. The van der Waals surface area contributed by atoms with E-state index in [1.54, 1.807) is 30.3 Å². The largest absolute Gasteiger partial charge is 0.468 e. The first-order valence-corrected chi connectivity index (χ1v) is 6.51. The molecule has 22 heavy (non-hydrogen) atoms. The van der Waals surface area contributed by atoms with Crippen LogP contribution in [0.4, 0.5) is 13.2 Å². The summed E-state index contributed by atoms with van der Waals surface area (Å²) >= 11 is 0. The Morgan fingerprint density at radius 1 is 1.09 bits per heavy atom. The van der Waals surface area contributed by atoms with Crippen LogP contribution < -0.4 is 10.5 Å². The van der Waals surface area contributed by atoms with Crippen molar-refractivity contribution in [2.75, 3.05) is 13.2 Å². The number of halogens is 3. The summed E-state index contributed by atoms with van der Waals surface area (Å²) in [6.45, 7) is -1.51. The van der Waals surface area contributed by atoms with Crippen LogP contribution in [0.1, 0.15) is 11.6 Å². The Bertz CT molecular complexity index is 598. The van der Waals surface area contributed by atoms with Gasteiger partial charge in [-0.3, -0.25) is 0 Å². The first kappa shape index (κ1) is 16.3. The first-order valence-electron chi connectivity index (χ1n) is 6.51. The number of aliphatic hydroxyl groups excluding tert-OH is 1. The van der Waals surface area contributed by atoms with E-state index in [4.69, 9.17) is 10.8 Å². The van der Waals surface area contributed by atoms with Gasteiger partial charge in [-0.25, -0.2) is 4.98 Å². The highest BCUT2D eigenvalue weighted by molar-refractivity contribution is 5.63. The second-order valence-corrected chi connectivity index (χ2v) is 4.70. The summed E-state index contributed by atoms with van der Waals surface area (Å²) in [5.74, 6) is -0.0833. The minimum atomic E-state index is -4.39. The topological polar surface area (TPSA) is 68.4 Å². The molecule has 0 aliphatic carbocycles. The zero-order valence-electron chi connectivity index (χ0n) is 11.5. The maximum absolute atomic E-state index is 12.0. The van der Waals surface area contributed by atoms with Crippen LogP contribution in [0.25, 0.3) is 11.1 Å². The van der Waals surface area contributed by atoms with E-state index in [0.29, 0.717) is 0 Å². The highest BCUT2D eigenvalue weighted by atomic mass is 19.4. The number of aliphatic hydroxyl groups is 1. The molecule has 0 aliphatic rings. The first-order chi connectivity index (χ1) is 10.4. The highest BCUT2D eigenvalue weighted by Crippen LogP contribution is 2.23. The average molecular weight is 312 g/mol. The van der Waals surface area contributed by atoms with Gasteiger partial charge in [-0.05, 0) is 17.2 Å². The molecule has 1 aromatic carbocycles. The van der Waals surface area contributed by atoms with E-state index in [1.807, 2.05) is 0 Å². The smallest absolute Gasteiger partial charge is 0.422 e. The van der Waals surface area contributed by atoms with Crippen LogP contribution in [0.15, 0.2) is 42.6 Å². The van der Waals surface area contributed by atoms with Gasteiger partial charge in [0.05, 0.1) is 12.6 Å². The lowest BCUT2D eigenvalue weighted by Crippen LogP contribution is -2.19. The zero-order valence-corrected chi connectivity index (χ0v) is 11.5. The lowest BCUT2D eigenvalue weighted by atomic mass is 10.0. The number of nitrogens with two attached hydrogens (primary N) is 1. The van der Waals surface area contributed by atoms with E-state index in [9.17, 15) is 13.2 Å². The van der Waals surface area contributed by atoms with Gasteiger partial charge in [0.1, 0.15) is 0 Å². The molecule has 0 radical (unpaired) electrons. The van der Waals surface area contributed by atoms with E-state index < -0.39 is 18.8 Å². The molecular weight excluding hydrogens is 297 g/mol. The number of ether oxygens (including phenoxy) is 1. The maximum Gasteiger partial charge on any atom is 0.422 e. The normalized spacial score (nSPS) is 13.0. The molecule has 0 fully saturated rings. The van der Waals surface area contributed by atoms with Crippen LogP contribution in [-0.2, 0) is 0 Å². The maximum atomic E-state index is 12.0. The number of hydrogen-bond donors (Lipinski definition) is 2. The molecule has 1 aromatic heterocycles. The molecule has 4 nitrogen and oxygen atoms in total. The van der Waals surface area contributed by atoms with Crippen molar-refractivity contribution in [1.82, 2.24) is 4.98 Å². The number of pyridine rings is 1. The Kier molecular flexibility index (Phi) is 4.99. The highest BCUT2D eigenvalue weighted by Gasteiger charge is 2.28. The average Bonchev–Trinajstić information content (AvgIpc) is 2.52. The molecule has 0 amide bonds. The Morgan fingerprint density at radius 3 is 2.23 bits per heavy atom. The fraction of sp³-hybridized carbons (Fsp3) is 0.267. The summed E-state index contributed by atoms with van der Waals surface area (Å²) in [4.78, 5) is 3.84. The molecule has 0 bridgehead atoms. The van der Waals surface area contributed by atoms with Gasteiger partial charge in [0.2, 0.25) is 5.88 Å². The van der Waals surface area contributed by atoms with E-state index in [2.05, 4.69) is 9.72 Å². The summed E-state index contributed by atoms with van der Waals surface area (Å²) in [6, 6.07) is 9.74. The summed E-state index contributed by atoms with van der Waals surface area (Å²) in [7, 11) is 0. The van der Waals surface area contributed by atoms with E-state index in [-0.39, 0.29) is 12.5 Å². The van der Waals surface area contributed by atoms with Crippen molar-refractivity contribution in [2.24, 2.45) is 5.73 Å². The number of rotatable bonds is 5. The minimum Gasteiger partial charge on any atom is -0.468 e. The monoisotopic (exact) mass is 312 g/mol. The molecule has 3 N–H and O–H groups in total. The SMILES string of the molecule is NC(CO)c1ccc(-c2ccc(OCC(F)(F)F)nc2)cc1. The molecule has 7 heteroatoms. The van der Waals surface area contributed by atoms with Crippen molar-refractivity contribution in [2.45, 2.75) is 12.2 Å². The molecule has 118 valence electrons. The van der Waals surface area contributed by atoms with Gasteiger partial charge in [0, 0.05) is 17.8 Å². The van der Waals surface area contributed by atoms with Crippen molar-refractivity contribution in [3.8, 4) is 17.0 Å². The lowest BCUT2D eigenvalue weighted by molar-refractivity contribution is -0.154. The quantitative estimate of drug-likeness (QED) is 0.890. The van der Waals surface area contributed by atoms with E-state index in [1.165, 1.54) is 12.3 Å². The minimum absolute atomic E-state index is 0.0833. The van der Waals surface area contributed by atoms with Crippen LogP contribution >= 0.6 is 0 Å². The molecule has 2 aromatic rings. The van der Waals surface area contributed by atoms with Crippen LogP contribution in [-0.4, -0.2) is 29.5 Å². The van der Waals surface area contributed by atoms with Crippen molar-refractivity contribution in [3.05, 3.63) is 48.2 Å². The van der Waals surface area contributed by atoms with Gasteiger partial charge in [0.25, 0.3) is 0 Å². The third-order valence-corrected chi connectivity index (χ3v) is 2.99. The van der Waals surface area contributed by atoms with E-state index >= 15 is 0 Å². The van der Waals surface area contributed by atoms with Crippen molar-refractivity contribution < 1.29 is 23.0 Å². The third kappa shape index (κ3) is 4.44. The summed E-state index contributed by atoms with van der Waals surface area (Å²) in [5, 5.41) is 8.98. The lowest BCUT2D eigenvalue weighted by Gasteiger charge is -2.10. The Hall–Kier alpha value is -2.12. The second-order valence-electron chi connectivity index (χ2n) is 4.70. The number of alkyl halides is 3. The van der Waals surface area contributed by atoms with Crippen molar-refractivity contribution in [1.29, 1.82) is 0 Å². The molecule has 2 rings (SSSR count). The Morgan fingerprint density at radius 2 is 1.73 bits per heavy atom. The van der Waals surface area contributed by atoms with Crippen LogP contribution in [0.5, 0.6) is 5.88 Å². The zero-order chi connectivity index (χ0) is 16.2. The van der Waals surface area contributed by atoms with Crippen LogP contribution in [0, 0.1) is 0 Å². The molecule has 0 saturated carbocycles. The van der Waals surface area contributed by atoms with E-state index in [0.717, 1.165) is 16.7 Å². The fourth-order valence-corrected chi connectivity index (χ4v) is 1.82. The van der Waals surface area contributed by atoms with Gasteiger partial charge in [0.15, 0.2) is 6.61 Å². The third-order valence-electron chi connectivity index (χ3n) is 2.99. The van der Waals surface area contributed by atoms with Gasteiger partial charge in [-0.1, -0.05) is 24.3 Å². The number of hydrogen-bond acceptors (Lipinski definition) is 4. The standard InChI is InChI=1S/C15H15F3N2O2/c16-15(17,18)9-22-14-6-5-12(7-20-14)10-1-3-11(4-2-10)13(19)8-21/h1-7,13,21H,8-9,19H2. The predicted molar refractivity (Wildman–Crippen MR) is 75.2 cm³/mol. The molecule has 0 aliphatic heterocycles. The fourth-order valence-electron chi connectivity index (χ4n) is 1.82. The van der Waals surface area contributed by atoms with Crippen molar-refractivity contribution >= 4 is 0 Å². The van der Waals surface area contributed by atoms with Crippen LogP contribution in [0.3, 0.4) is 0 Å². The molecular formula is C15H15F3N2O2. The number of nitrogens with zero attached hydrogens (tertiary/aromatic N) is 1. The Labute approximate surface area is 125 Å². The summed E-state index contributed by atoms with van der Waals surface area (Å²) in [5.41, 5.74) is 8.07. The molecule has 1 unspecified atom stereocenters. The second kappa shape index (κ2) is 6.76. The molecule has 1 heterocycles.